The van der Waals surface area contributed by atoms with Crippen molar-refractivity contribution in [3.8, 4) is 11.5 Å². The summed E-state index contributed by atoms with van der Waals surface area (Å²) in [6, 6.07) is 8.20. The Balaban J connectivity index is 1.76. The van der Waals surface area contributed by atoms with Crippen LogP contribution in [0, 0.1) is 0 Å². The van der Waals surface area contributed by atoms with Gasteiger partial charge >= 0.3 is 0 Å². The SMILES string of the molecule is COc1ccc(OC)c(S(=O)(=O)Nc2cc3c4c(c2)[C@@H](C)C(=O)N4CCC3)c1. The minimum Gasteiger partial charge on any atom is -0.497 e. The molecule has 0 radical (unpaired) electrons. The zero-order chi connectivity index (χ0) is 20.1. The van der Waals surface area contributed by atoms with Crippen LogP contribution in [-0.4, -0.2) is 35.1 Å². The van der Waals surface area contributed by atoms with Crippen LogP contribution in [0.15, 0.2) is 35.2 Å². The second-order valence-electron chi connectivity index (χ2n) is 7.01. The first kappa shape index (κ1) is 18.6. The number of amides is 1. The van der Waals surface area contributed by atoms with Crippen LogP contribution in [0.25, 0.3) is 0 Å². The summed E-state index contributed by atoms with van der Waals surface area (Å²) in [7, 11) is -1.02. The van der Waals surface area contributed by atoms with Gasteiger partial charge in [0.15, 0.2) is 0 Å². The van der Waals surface area contributed by atoms with E-state index in [9.17, 15) is 13.2 Å². The zero-order valence-electron chi connectivity index (χ0n) is 16.0. The molecular weight excluding hydrogens is 380 g/mol. The Morgan fingerprint density at radius 2 is 1.93 bits per heavy atom. The minimum atomic E-state index is -3.91. The standard InChI is InChI=1S/C20H22N2O5S/c1-12-16-10-14(9-13-5-4-8-22(19(13)16)20(12)23)21-28(24,25)18-11-15(26-2)6-7-17(18)27-3/h6-7,9-12,21H,4-5,8H2,1-3H3/t12-/m1/s1. The lowest BCUT2D eigenvalue weighted by atomic mass is 9.96. The second kappa shape index (κ2) is 6.70. The normalized spacial score (nSPS) is 18.0. The van der Waals surface area contributed by atoms with E-state index in [1.165, 1.54) is 20.3 Å². The van der Waals surface area contributed by atoms with Gasteiger partial charge in [-0.25, -0.2) is 8.42 Å². The number of ether oxygens (including phenoxy) is 2. The molecule has 4 rings (SSSR count). The molecule has 148 valence electrons. The van der Waals surface area contributed by atoms with Crippen molar-refractivity contribution >= 4 is 27.3 Å². The van der Waals surface area contributed by atoms with Crippen LogP contribution in [0.5, 0.6) is 11.5 Å². The molecule has 0 aliphatic carbocycles. The number of carbonyl (C=O) groups excluding carboxylic acids is 1. The molecule has 1 atom stereocenters. The Bertz CT molecular complexity index is 1060. The predicted octanol–water partition coefficient (Wildman–Crippen LogP) is 2.90. The van der Waals surface area contributed by atoms with Gasteiger partial charge in [-0.15, -0.1) is 0 Å². The van der Waals surface area contributed by atoms with Gasteiger partial charge in [0.2, 0.25) is 5.91 Å². The summed E-state index contributed by atoms with van der Waals surface area (Å²) in [6.45, 7) is 2.58. The van der Waals surface area contributed by atoms with E-state index in [0.29, 0.717) is 11.4 Å². The van der Waals surface area contributed by atoms with Gasteiger partial charge in [0.25, 0.3) is 10.0 Å². The van der Waals surface area contributed by atoms with Crippen LogP contribution in [-0.2, 0) is 21.2 Å². The molecule has 0 aromatic heterocycles. The summed E-state index contributed by atoms with van der Waals surface area (Å²) in [5.74, 6) is 0.443. The van der Waals surface area contributed by atoms with E-state index in [2.05, 4.69) is 4.72 Å². The predicted molar refractivity (Wildman–Crippen MR) is 106 cm³/mol. The number of aryl methyl sites for hydroxylation is 1. The van der Waals surface area contributed by atoms with Gasteiger partial charge in [0.1, 0.15) is 16.4 Å². The van der Waals surface area contributed by atoms with Crippen molar-refractivity contribution < 1.29 is 22.7 Å². The monoisotopic (exact) mass is 402 g/mol. The number of carbonyl (C=O) groups is 1. The van der Waals surface area contributed by atoms with Gasteiger partial charge in [0.05, 0.1) is 25.8 Å². The topological polar surface area (TPSA) is 84.9 Å². The summed E-state index contributed by atoms with van der Waals surface area (Å²) in [6.07, 6.45) is 1.68. The van der Waals surface area contributed by atoms with Crippen LogP contribution in [0.1, 0.15) is 30.4 Å². The van der Waals surface area contributed by atoms with E-state index in [-0.39, 0.29) is 22.5 Å². The van der Waals surface area contributed by atoms with Gasteiger partial charge in [-0.1, -0.05) is 0 Å². The third-order valence-electron chi connectivity index (χ3n) is 5.33. The van der Waals surface area contributed by atoms with Gasteiger partial charge in [-0.2, -0.15) is 0 Å². The molecule has 2 aromatic rings. The lowest BCUT2D eigenvalue weighted by Crippen LogP contribution is -2.32. The summed E-state index contributed by atoms with van der Waals surface area (Å²) in [4.78, 5) is 14.3. The number of nitrogens with zero attached hydrogens (tertiary/aromatic N) is 1. The maximum atomic E-state index is 13.0. The molecule has 7 nitrogen and oxygen atoms in total. The molecule has 0 saturated carbocycles. The van der Waals surface area contributed by atoms with Crippen LogP contribution < -0.4 is 19.1 Å². The van der Waals surface area contributed by atoms with Crippen molar-refractivity contribution in [2.75, 3.05) is 30.4 Å². The van der Waals surface area contributed by atoms with E-state index in [1.807, 2.05) is 17.9 Å². The molecule has 0 saturated heterocycles. The largest absolute Gasteiger partial charge is 0.497 e. The molecule has 2 aliphatic heterocycles. The van der Waals surface area contributed by atoms with Crippen molar-refractivity contribution in [2.45, 2.75) is 30.6 Å². The molecule has 0 fully saturated rings. The molecule has 8 heteroatoms. The summed E-state index contributed by atoms with van der Waals surface area (Å²) in [5, 5.41) is 0. The Hall–Kier alpha value is -2.74. The van der Waals surface area contributed by atoms with Gasteiger partial charge in [-0.3, -0.25) is 9.52 Å². The highest BCUT2D eigenvalue weighted by atomic mass is 32.2. The van der Waals surface area contributed by atoms with Crippen molar-refractivity contribution in [1.82, 2.24) is 0 Å². The number of nitrogens with one attached hydrogen (secondary N) is 1. The van der Waals surface area contributed by atoms with Crippen LogP contribution >= 0.6 is 0 Å². The van der Waals surface area contributed by atoms with Gasteiger partial charge < -0.3 is 14.4 Å². The number of methoxy groups -OCH3 is 2. The molecule has 0 spiro atoms. The van der Waals surface area contributed by atoms with Crippen LogP contribution in [0.4, 0.5) is 11.4 Å². The number of hydrogen-bond donors (Lipinski definition) is 1. The quantitative estimate of drug-likeness (QED) is 0.831. The fourth-order valence-electron chi connectivity index (χ4n) is 3.96. The molecule has 0 unspecified atom stereocenters. The van der Waals surface area contributed by atoms with E-state index in [1.54, 1.807) is 18.2 Å². The summed E-state index contributed by atoms with van der Waals surface area (Å²) >= 11 is 0. The maximum absolute atomic E-state index is 13.0. The molecule has 28 heavy (non-hydrogen) atoms. The first-order valence-corrected chi connectivity index (χ1v) is 10.6. The molecular formula is C20H22N2O5S. The Morgan fingerprint density at radius 1 is 1.14 bits per heavy atom. The first-order chi connectivity index (χ1) is 13.4. The number of anilines is 2. The highest BCUT2D eigenvalue weighted by Gasteiger charge is 2.38. The average molecular weight is 402 g/mol. The van der Waals surface area contributed by atoms with Crippen LogP contribution in [0.2, 0.25) is 0 Å². The second-order valence-corrected chi connectivity index (χ2v) is 8.66. The lowest BCUT2D eigenvalue weighted by Gasteiger charge is -2.26. The van der Waals surface area contributed by atoms with E-state index >= 15 is 0 Å². The Labute approximate surface area is 164 Å². The third kappa shape index (κ3) is 2.88. The number of rotatable bonds is 5. The maximum Gasteiger partial charge on any atom is 0.265 e. The number of sulfonamides is 1. The minimum absolute atomic E-state index is 0.00533. The molecule has 1 amide bonds. The summed E-state index contributed by atoms with van der Waals surface area (Å²) < 4.78 is 39.1. The van der Waals surface area contributed by atoms with Crippen LogP contribution in [0.3, 0.4) is 0 Å². The molecule has 2 aliphatic rings. The lowest BCUT2D eigenvalue weighted by molar-refractivity contribution is -0.119. The summed E-state index contributed by atoms with van der Waals surface area (Å²) in [5.41, 5.74) is 3.27. The Kier molecular flexibility index (Phi) is 4.45. The van der Waals surface area contributed by atoms with Gasteiger partial charge in [0, 0.05) is 18.3 Å². The Morgan fingerprint density at radius 3 is 2.64 bits per heavy atom. The zero-order valence-corrected chi connectivity index (χ0v) is 16.8. The van der Waals surface area contributed by atoms with Gasteiger partial charge in [-0.05, 0) is 55.2 Å². The van der Waals surface area contributed by atoms with Crippen molar-refractivity contribution in [3.05, 3.63) is 41.5 Å². The molecule has 1 N–H and O–H groups in total. The van der Waals surface area contributed by atoms with Crippen molar-refractivity contribution in [3.63, 3.8) is 0 Å². The van der Waals surface area contributed by atoms with Crippen molar-refractivity contribution in [2.24, 2.45) is 0 Å². The third-order valence-corrected chi connectivity index (χ3v) is 6.73. The van der Waals surface area contributed by atoms with E-state index < -0.39 is 10.0 Å². The molecule has 2 heterocycles. The average Bonchev–Trinajstić information content (AvgIpc) is 2.93. The molecule has 0 bridgehead atoms. The smallest absolute Gasteiger partial charge is 0.265 e. The highest BCUT2D eigenvalue weighted by molar-refractivity contribution is 7.92. The number of benzene rings is 2. The fraction of sp³-hybridized carbons (Fsp3) is 0.350. The van der Waals surface area contributed by atoms with E-state index in [0.717, 1.165) is 36.2 Å². The fourth-order valence-corrected chi connectivity index (χ4v) is 5.18. The highest BCUT2D eigenvalue weighted by Crippen LogP contribution is 2.44. The number of hydrogen-bond acceptors (Lipinski definition) is 5. The molecule has 2 aromatic carbocycles. The first-order valence-electron chi connectivity index (χ1n) is 9.08. The van der Waals surface area contributed by atoms with Crippen molar-refractivity contribution in [1.29, 1.82) is 0 Å². The van der Waals surface area contributed by atoms with E-state index in [4.69, 9.17) is 9.47 Å².